The molecule has 7 nitrogen and oxygen atoms in total. The van der Waals surface area contributed by atoms with Crippen molar-refractivity contribution in [2.24, 2.45) is 0 Å². The molecule has 1 aromatic rings. The van der Waals surface area contributed by atoms with Gasteiger partial charge in [-0.25, -0.2) is 9.59 Å². The number of piperazine rings is 1. The molecule has 0 atom stereocenters. The zero-order valence-corrected chi connectivity index (χ0v) is 15.5. The number of carbonyl (C=O) groups excluding carboxylic acids is 2. The molecule has 0 spiro atoms. The van der Waals surface area contributed by atoms with E-state index in [1.54, 1.807) is 16.2 Å². The number of hydrogen-bond donors (Lipinski definition) is 1. The SMILES string of the molecule is COC(=O)N1CCC(NC(=O)N2CCN(Cc3cccs3)CC2)CC1. The number of nitrogens with one attached hydrogen (secondary N) is 1. The molecule has 0 bridgehead atoms. The lowest BCUT2D eigenvalue weighted by atomic mass is 10.1. The molecule has 2 saturated heterocycles. The molecule has 0 radical (unpaired) electrons. The number of urea groups is 1. The first-order valence-corrected chi connectivity index (χ1v) is 9.66. The summed E-state index contributed by atoms with van der Waals surface area (Å²) in [4.78, 5) is 31.3. The van der Waals surface area contributed by atoms with Crippen molar-refractivity contribution in [3.05, 3.63) is 22.4 Å². The lowest BCUT2D eigenvalue weighted by Crippen LogP contribution is -2.54. The van der Waals surface area contributed by atoms with Crippen molar-refractivity contribution in [1.82, 2.24) is 20.0 Å². The average molecular weight is 366 g/mol. The highest BCUT2D eigenvalue weighted by atomic mass is 32.1. The first kappa shape index (κ1) is 18.0. The molecule has 0 aliphatic carbocycles. The molecule has 0 saturated carbocycles. The Kier molecular flexibility index (Phi) is 6.14. The van der Waals surface area contributed by atoms with E-state index in [4.69, 9.17) is 4.74 Å². The van der Waals surface area contributed by atoms with E-state index in [2.05, 4.69) is 27.7 Å². The van der Waals surface area contributed by atoms with Gasteiger partial charge >= 0.3 is 12.1 Å². The fourth-order valence-corrected chi connectivity index (χ4v) is 4.08. The summed E-state index contributed by atoms with van der Waals surface area (Å²) in [7, 11) is 1.40. The predicted octanol–water partition coefficient (Wildman–Crippen LogP) is 1.81. The van der Waals surface area contributed by atoms with Gasteiger partial charge < -0.3 is 19.9 Å². The van der Waals surface area contributed by atoms with Crippen molar-refractivity contribution in [3.63, 3.8) is 0 Å². The molecule has 2 fully saturated rings. The fraction of sp³-hybridized carbons (Fsp3) is 0.647. The monoisotopic (exact) mass is 366 g/mol. The normalized spacial score (nSPS) is 19.7. The molecular formula is C17H26N4O3S. The van der Waals surface area contributed by atoms with E-state index in [-0.39, 0.29) is 18.2 Å². The number of ether oxygens (including phenoxy) is 1. The van der Waals surface area contributed by atoms with Crippen LogP contribution in [0.4, 0.5) is 9.59 Å². The Balaban J connectivity index is 1.38. The van der Waals surface area contributed by atoms with Gasteiger partial charge in [0.1, 0.15) is 0 Å². The summed E-state index contributed by atoms with van der Waals surface area (Å²) < 4.78 is 4.74. The number of thiophene rings is 1. The maximum Gasteiger partial charge on any atom is 0.409 e. The molecule has 2 aliphatic heterocycles. The molecule has 1 aromatic heterocycles. The Labute approximate surface area is 152 Å². The number of hydrogen-bond acceptors (Lipinski definition) is 5. The van der Waals surface area contributed by atoms with Gasteiger partial charge in [-0.1, -0.05) is 6.07 Å². The Morgan fingerprint density at radius 2 is 1.88 bits per heavy atom. The van der Waals surface area contributed by atoms with Crippen LogP contribution in [0.25, 0.3) is 0 Å². The smallest absolute Gasteiger partial charge is 0.409 e. The minimum Gasteiger partial charge on any atom is -0.453 e. The summed E-state index contributed by atoms with van der Waals surface area (Å²) in [5, 5.41) is 5.22. The van der Waals surface area contributed by atoms with Crippen molar-refractivity contribution < 1.29 is 14.3 Å². The van der Waals surface area contributed by atoms with Gasteiger partial charge in [-0.2, -0.15) is 0 Å². The second kappa shape index (κ2) is 8.53. The van der Waals surface area contributed by atoms with E-state index in [1.165, 1.54) is 12.0 Å². The minimum atomic E-state index is -0.286. The number of rotatable bonds is 3. The lowest BCUT2D eigenvalue weighted by molar-refractivity contribution is 0.107. The molecule has 138 valence electrons. The van der Waals surface area contributed by atoms with Gasteiger partial charge in [0, 0.05) is 56.7 Å². The Morgan fingerprint density at radius 3 is 2.48 bits per heavy atom. The number of methoxy groups -OCH3 is 1. The molecule has 3 heterocycles. The zero-order chi connectivity index (χ0) is 17.6. The number of amides is 3. The highest BCUT2D eigenvalue weighted by Crippen LogP contribution is 2.15. The molecule has 3 amide bonds. The number of nitrogens with zero attached hydrogens (tertiary/aromatic N) is 3. The lowest BCUT2D eigenvalue weighted by Gasteiger charge is -2.36. The van der Waals surface area contributed by atoms with E-state index in [0.29, 0.717) is 13.1 Å². The third-order valence-electron chi connectivity index (χ3n) is 4.87. The van der Waals surface area contributed by atoms with Crippen LogP contribution in [0.15, 0.2) is 17.5 Å². The van der Waals surface area contributed by atoms with Gasteiger partial charge in [-0.3, -0.25) is 4.90 Å². The van der Waals surface area contributed by atoms with Gasteiger partial charge in [-0.15, -0.1) is 11.3 Å². The molecular weight excluding hydrogens is 340 g/mol. The fourth-order valence-electron chi connectivity index (χ4n) is 3.33. The summed E-state index contributed by atoms with van der Waals surface area (Å²) in [6.45, 7) is 5.58. The third kappa shape index (κ3) is 4.85. The van der Waals surface area contributed by atoms with E-state index < -0.39 is 0 Å². The maximum atomic E-state index is 12.5. The second-order valence-electron chi connectivity index (χ2n) is 6.52. The van der Waals surface area contributed by atoms with Crippen LogP contribution in [0, 0.1) is 0 Å². The first-order chi connectivity index (χ1) is 12.2. The number of carbonyl (C=O) groups is 2. The van der Waals surface area contributed by atoms with Gasteiger partial charge in [-0.05, 0) is 24.3 Å². The van der Waals surface area contributed by atoms with Crippen molar-refractivity contribution in [2.45, 2.75) is 25.4 Å². The molecule has 0 unspecified atom stereocenters. The quantitative estimate of drug-likeness (QED) is 0.886. The van der Waals surface area contributed by atoms with Crippen molar-refractivity contribution in [1.29, 1.82) is 0 Å². The van der Waals surface area contributed by atoms with Crippen LogP contribution in [0.1, 0.15) is 17.7 Å². The van der Waals surface area contributed by atoms with Gasteiger partial charge in [0.05, 0.1) is 7.11 Å². The van der Waals surface area contributed by atoms with Crippen LogP contribution in [0.5, 0.6) is 0 Å². The van der Waals surface area contributed by atoms with Crippen LogP contribution in [0.2, 0.25) is 0 Å². The summed E-state index contributed by atoms with van der Waals surface area (Å²) >= 11 is 1.78. The largest absolute Gasteiger partial charge is 0.453 e. The van der Waals surface area contributed by atoms with E-state index >= 15 is 0 Å². The highest BCUT2D eigenvalue weighted by Gasteiger charge is 2.27. The van der Waals surface area contributed by atoms with Crippen molar-refractivity contribution in [2.75, 3.05) is 46.4 Å². The van der Waals surface area contributed by atoms with Gasteiger partial charge in [0.2, 0.25) is 0 Å². The van der Waals surface area contributed by atoms with E-state index in [0.717, 1.165) is 45.6 Å². The number of piperidine rings is 1. The Hall–Kier alpha value is -1.80. The van der Waals surface area contributed by atoms with Crippen LogP contribution >= 0.6 is 11.3 Å². The van der Waals surface area contributed by atoms with E-state index in [1.807, 2.05) is 4.90 Å². The van der Waals surface area contributed by atoms with Crippen LogP contribution < -0.4 is 5.32 Å². The zero-order valence-electron chi connectivity index (χ0n) is 14.6. The van der Waals surface area contributed by atoms with E-state index in [9.17, 15) is 9.59 Å². The van der Waals surface area contributed by atoms with Crippen molar-refractivity contribution >= 4 is 23.5 Å². The molecule has 1 N–H and O–H groups in total. The minimum absolute atomic E-state index is 0.0206. The third-order valence-corrected chi connectivity index (χ3v) is 5.74. The Bertz CT molecular complexity index is 564. The van der Waals surface area contributed by atoms with Gasteiger partial charge in [0.15, 0.2) is 0 Å². The molecule has 3 rings (SSSR count). The predicted molar refractivity (Wildman–Crippen MR) is 96.7 cm³/mol. The standard InChI is InChI=1S/C17H26N4O3S/c1-24-17(23)21-6-4-14(5-7-21)18-16(22)20-10-8-19(9-11-20)13-15-3-2-12-25-15/h2-3,12,14H,4-11,13H2,1H3,(H,18,22). The Morgan fingerprint density at radius 1 is 1.16 bits per heavy atom. The summed E-state index contributed by atoms with van der Waals surface area (Å²) in [6, 6.07) is 4.39. The van der Waals surface area contributed by atoms with Crippen LogP contribution in [0.3, 0.4) is 0 Å². The first-order valence-electron chi connectivity index (χ1n) is 8.79. The second-order valence-corrected chi connectivity index (χ2v) is 7.56. The molecule has 25 heavy (non-hydrogen) atoms. The van der Waals surface area contributed by atoms with Crippen LogP contribution in [-0.4, -0.2) is 79.2 Å². The summed E-state index contributed by atoms with van der Waals surface area (Å²) in [5.74, 6) is 0. The highest BCUT2D eigenvalue weighted by molar-refractivity contribution is 7.09. The van der Waals surface area contributed by atoms with Crippen molar-refractivity contribution in [3.8, 4) is 0 Å². The maximum absolute atomic E-state index is 12.5. The molecule has 0 aromatic carbocycles. The molecule has 8 heteroatoms. The average Bonchev–Trinajstić information content (AvgIpc) is 3.15. The topological polar surface area (TPSA) is 65.1 Å². The van der Waals surface area contributed by atoms with Gasteiger partial charge in [0.25, 0.3) is 0 Å². The van der Waals surface area contributed by atoms with Crippen LogP contribution in [-0.2, 0) is 11.3 Å². The summed E-state index contributed by atoms with van der Waals surface area (Å²) in [5.41, 5.74) is 0. The molecule has 2 aliphatic rings. The summed E-state index contributed by atoms with van der Waals surface area (Å²) in [6.07, 6.45) is 1.27. The number of likely N-dealkylation sites (tertiary alicyclic amines) is 1.